The summed E-state index contributed by atoms with van der Waals surface area (Å²) in [5.41, 5.74) is 4.93. The minimum atomic E-state index is 0.277. The van der Waals surface area contributed by atoms with Crippen molar-refractivity contribution < 1.29 is 0 Å². The van der Waals surface area contributed by atoms with Crippen LogP contribution in [0.5, 0.6) is 0 Å². The smallest absolute Gasteiger partial charge is 0.0485 e. The average molecular weight is 333 g/mol. The van der Waals surface area contributed by atoms with Crippen molar-refractivity contribution in [1.29, 1.82) is 0 Å². The molecule has 0 spiro atoms. The van der Waals surface area contributed by atoms with Crippen molar-refractivity contribution in [3.63, 3.8) is 0 Å². The Morgan fingerprint density at radius 1 is 1.05 bits per heavy atom. The zero-order chi connectivity index (χ0) is 14.7. The molecule has 1 unspecified atom stereocenters. The molecule has 0 aliphatic heterocycles. The molecule has 20 heavy (non-hydrogen) atoms. The number of halogens is 1. The number of rotatable bonds is 4. The molecule has 2 rings (SSSR count). The molecule has 2 nitrogen and oxygen atoms in total. The van der Waals surface area contributed by atoms with Gasteiger partial charge in [0.1, 0.15) is 0 Å². The highest BCUT2D eigenvalue weighted by Gasteiger charge is 2.07. The highest BCUT2D eigenvalue weighted by atomic mass is 79.9. The lowest BCUT2D eigenvalue weighted by atomic mass is 10.1. The summed E-state index contributed by atoms with van der Waals surface area (Å²) in [6, 6.07) is 15.3. The molecule has 0 saturated heterocycles. The summed E-state index contributed by atoms with van der Waals surface area (Å²) >= 11 is 3.52. The van der Waals surface area contributed by atoms with Crippen LogP contribution in [0.25, 0.3) is 0 Å². The summed E-state index contributed by atoms with van der Waals surface area (Å²) in [6.07, 6.45) is 0. The van der Waals surface area contributed by atoms with Gasteiger partial charge in [0.05, 0.1) is 0 Å². The fourth-order valence-electron chi connectivity index (χ4n) is 2.13. The highest BCUT2D eigenvalue weighted by Crippen LogP contribution is 2.26. The normalized spacial score (nSPS) is 12.1. The second-order valence-electron chi connectivity index (χ2n) is 5.31. The van der Waals surface area contributed by atoms with Crippen LogP contribution in [-0.2, 0) is 0 Å². The van der Waals surface area contributed by atoms with Crippen molar-refractivity contribution in [2.75, 3.05) is 24.3 Å². The number of hydrogen-bond acceptors (Lipinski definition) is 2. The number of anilines is 2. The summed E-state index contributed by atoms with van der Waals surface area (Å²) in [5.74, 6) is 0. The van der Waals surface area contributed by atoms with Crippen LogP contribution in [0.2, 0.25) is 0 Å². The molecule has 0 bridgehead atoms. The molecule has 0 aliphatic rings. The van der Waals surface area contributed by atoms with E-state index in [9.17, 15) is 0 Å². The van der Waals surface area contributed by atoms with E-state index in [1.165, 1.54) is 22.5 Å². The zero-order valence-electron chi connectivity index (χ0n) is 12.4. The second kappa shape index (κ2) is 6.31. The third kappa shape index (κ3) is 3.54. The zero-order valence-corrected chi connectivity index (χ0v) is 14.0. The third-order valence-electron chi connectivity index (χ3n) is 3.48. The molecule has 2 aromatic carbocycles. The number of nitrogens with zero attached hydrogens (tertiary/aromatic N) is 1. The Morgan fingerprint density at radius 2 is 1.70 bits per heavy atom. The Morgan fingerprint density at radius 3 is 2.30 bits per heavy atom. The van der Waals surface area contributed by atoms with Crippen LogP contribution >= 0.6 is 15.9 Å². The van der Waals surface area contributed by atoms with Crippen molar-refractivity contribution in [3.8, 4) is 0 Å². The van der Waals surface area contributed by atoms with Crippen molar-refractivity contribution in [2.24, 2.45) is 0 Å². The lowest BCUT2D eigenvalue weighted by Gasteiger charge is -2.19. The summed E-state index contributed by atoms with van der Waals surface area (Å²) < 4.78 is 1.10. The molecule has 1 atom stereocenters. The van der Waals surface area contributed by atoms with E-state index in [0.717, 1.165) is 4.47 Å². The Kier molecular flexibility index (Phi) is 4.71. The van der Waals surface area contributed by atoms with Gasteiger partial charge in [-0.25, -0.2) is 0 Å². The molecule has 0 fully saturated rings. The number of nitrogens with one attached hydrogen (secondary N) is 1. The van der Waals surface area contributed by atoms with Gasteiger partial charge in [-0.2, -0.15) is 0 Å². The van der Waals surface area contributed by atoms with Gasteiger partial charge >= 0.3 is 0 Å². The molecular formula is C17H21BrN2. The number of hydrogen-bond donors (Lipinski definition) is 1. The van der Waals surface area contributed by atoms with Gasteiger partial charge in [-0.1, -0.05) is 34.1 Å². The van der Waals surface area contributed by atoms with Gasteiger partial charge < -0.3 is 10.2 Å². The molecule has 106 valence electrons. The van der Waals surface area contributed by atoms with Crippen molar-refractivity contribution in [3.05, 3.63) is 58.1 Å². The molecule has 0 aromatic heterocycles. The van der Waals surface area contributed by atoms with E-state index in [0.29, 0.717) is 0 Å². The van der Waals surface area contributed by atoms with Gasteiger partial charge in [0.25, 0.3) is 0 Å². The fourth-order valence-corrected chi connectivity index (χ4v) is 2.49. The Balaban J connectivity index is 2.15. The van der Waals surface area contributed by atoms with Gasteiger partial charge in [0.15, 0.2) is 0 Å². The topological polar surface area (TPSA) is 15.3 Å². The lowest BCUT2D eigenvalue weighted by molar-refractivity contribution is 0.881. The summed E-state index contributed by atoms with van der Waals surface area (Å²) in [5, 5.41) is 3.57. The van der Waals surface area contributed by atoms with Crippen molar-refractivity contribution in [2.45, 2.75) is 19.9 Å². The molecule has 0 amide bonds. The highest BCUT2D eigenvalue weighted by molar-refractivity contribution is 9.10. The quantitative estimate of drug-likeness (QED) is 0.847. The van der Waals surface area contributed by atoms with Crippen LogP contribution in [0.3, 0.4) is 0 Å². The second-order valence-corrected chi connectivity index (χ2v) is 6.23. The van der Waals surface area contributed by atoms with Crippen LogP contribution < -0.4 is 10.2 Å². The molecule has 0 heterocycles. The van der Waals surface area contributed by atoms with E-state index in [2.05, 4.69) is 96.6 Å². The van der Waals surface area contributed by atoms with Crippen LogP contribution in [0, 0.1) is 6.92 Å². The van der Waals surface area contributed by atoms with Crippen LogP contribution in [-0.4, -0.2) is 14.1 Å². The van der Waals surface area contributed by atoms with Crippen molar-refractivity contribution >= 4 is 27.3 Å². The summed E-state index contributed by atoms with van der Waals surface area (Å²) in [7, 11) is 4.11. The van der Waals surface area contributed by atoms with Crippen LogP contribution in [0.4, 0.5) is 11.4 Å². The number of aryl methyl sites for hydroxylation is 1. The maximum atomic E-state index is 3.57. The van der Waals surface area contributed by atoms with E-state index in [1.54, 1.807) is 0 Å². The minimum absolute atomic E-state index is 0.277. The van der Waals surface area contributed by atoms with E-state index in [4.69, 9.17) is 0 Å². The predicted molar refractivity (Wildman–Crippen MR) is 91.7 cm³/mol. The lowest BCUT2D eigenvalue weighted by Crippen LogP contribution is -2.10. The number of benzene rings is 2. The monoisotopic (exact) mass is 332 g/mol. The molecule has 1 N–H and O–H groups in total. The Bertz CT molecular complexity index is 576. The van der Waals surface area contributed by atoms with Crippen molar-refractivity contribution in [1.82, 2.24) is 0 Å². The first-order valence-electron chi connectivity index (χ1n) is 6.77. The molecular weight excluding hydrogens is 312 g/mol. The van der Waals surface area contributed by atoms with E-state index in [1.807, 2.05) is 0 Å². The average Bonchev–Trinajstić information content (AvgIpc) is 2.43. The van der Waals surface area contributed by atoms with Crippen LogP contribution in [0.1, 0.15) is 24.1 Å². The van der Waals surface area contributed by atoms with Crippen LogP contribution in [0.15, 0.2) is 46.9 Å². The van der Waals surface area contributed by atoms with E-state index in [-0.39, 0.29) is 6.04 Å². The first-order valence-corrected chi connectivity index (χ1v) is 7.56. The maximum Gasteiger partial charge on any atom is 0.0485 e. The first kappa shape index (κ1) is 14.9. The molecule has 2 aromatic rings. The molecule has 0 aliphatic carbocycles. The van der Waals surface area contributed by atoms with E-state index >= 15 is 0 Å². The Hall–Kier alpha value is -1.48. The first-order chi connectivity index (χ1) is 9.47. The standard InChI is InChI=1S/C17H21BrN2/c1-12-5-8-15(18)11-17(12)19-13(2)14-6-9-16(10-7-14)20(3)4/h5-11,13,19H,1-4H3. The summed E-state index contributed by atoms with van der Waals surface area (Å²) in [4.78, 5) is 2.11. The summed E-state index contributed by atoms with van der Waals surface area (Å²) in [6.45, 7) is 4.31. The minimum Gasteiger partial charge on any atom is -0.378 e. The van der Waals surface area contributed by atoms with Gasteiger partial charge in [-0.3, -0.25) is 0 Å². The van der Waals surface area contributed by atoms with Gasteiger partial charge in [0, 0.05) is 36.0 Å². The third-order valence-corrected chi connectivity index (χ3v) is 3.97. The van der Waals surface area contributed by atoms with Gasteiger partial charge in [0.2, 0.25) is 0 Å². The maximum absolute atomic E-state index is 3.57. The Labute approximate surface area is 129 Å². The van der Waals surface area contributed by atoms with E-state index < -0.39 is 0 Å². The van der Waals surface area contributed by atoms with Gasteiger partial charge in [-0.05, 0) is 49.2 Å². The molecule has 0 radical (unpaired) electrons. The SMILES string of the molecule is Cc1ccc(Br)cc1NC(C)c1ccc(N(C)C)cc1. The largest absolute Gasteiger partial charge is 0.378 e. The fraction of sp³-hybridized carbons (Fsp3) is 0.294. The molecule has 3 heteroatoms. The molecule has 0 saturated carbocycles. The predicted octanol–water partition coefficient (Wildman–Crippen LogP) is 5.00. The van der Waals surface area contributed by atoms with Gasteiger partial charge in [-0.15, -0.1) is 0 Å².